The lowest BCUT2D eigenvalue weighted by Crippen LogP contribution is -2.35. The Bertz CT molecular complexity index is 537. The van der Waals surface area contributed by atoms with Crippen molar-refractivity contribution in [2.45, 2.75) is 13.3 Å². The molecule has 2 aliphatic rings. The van der Waals surface area contributed by atoms with E-state index in [0.717, 1.165) is 25.2 Å². The molecule has 0 saturated heterocycles. The van der Waals surface area contributed by atoms with Crippen LogP contribution in [0.1, 0.15) is 23.7 Å². The topological polar surface area (TPSA) is 41.6 Å². The molecule has 0 bridgehead atoms. The third kappa shape index (κ3) is 2.30. The predicted octanol–water partition coefficient (Wildman–Crippen LogP) is 2.28. The van der Waals surface area contributed by atoms with Crippen molar-refractivity contribution >= 4 is 11.6 Å². The first-order valence-corrected chi connectivity index (χ1v) is 6.70. The number of nitrogens with zero attached hydrogens (tertiary/aromatic N) is 1. The molecule has 2 heterocycles. The average Bonchev–Trinajstić information content (AvgIpc) is 2.47. The first kappa shape index (κ1) is 12.1. The summed E-state index contributed by atoms with van der Waals surface area (Å²) < 4.78 is 5.66. The maximum atomic E-state index is 12.6. The summed E-state index contributed by atoms with van der Waals surface area (Å²) >= 11 is 0. The molecule has 1 N–H and O–H groups in total. The van der Waals surface area contributed by atoms with Crippen LogP contribution in [-0.2, 0) is 0 Å². The molecular formula is C15H18N2O2. The van der Waals surface area contributed by atoms with E-state index in [1.165, 1.54) is 5.57 Å². The molecule has 3 rings (SSSR count). The van der Waals surface area contributed by atoms with E-state index in [9.17, 15) is 4.79 Å². The molecule has 1 aromatic rings. The van der Waals surface area contributed by atoms with Crippen molar-refractivity contribution in [2.75, 3.05) is 31.6 Å². The molecular weight excluding hydrogens is 240 g/mol. The van der Waals surface area contributed by atoms with E-state index in [4.69, 9.17) is 4.74 Å². The lowest BCUT2D eigenvalue weighted by atomic mass is 10.1. The van der Waals surface area contributed by atoms with Crippen LogP contribution in [0.25, 0.3) is 0 Å². The van der Waals surface area contributed by atoms with Gasteiger partial charge in [0.05, 0.1) is 11.3 Å². The Hall–Kier alpha value is -1.97. The first-order chi connectivity index (χ1) is 9.25. The van der Waals surface area contributed by atoms with Crippen LogP contribution >= 0.6 is 0 Å². The van der Waals surface area contributed by atoms with Gasteiger partial charge in [0.15, 0.2) is 5.75 Å². The highest BCUT2D eigenvalue weighted by Crippen LogP contribution is 2.32. The number of amides is 1. The summed E-state index contributed by atoms with van der Waals surface area (Å²) in [5, 5.41) is 3.26. The number of carbonyl (C=O) groups excluding carboxylic acids is 1. The molecule has 0 saturated carbocycles. The minimum Gasteiger partial charge on any atom is -0.489 e. The number of hydrogen-bond acceptors (Lipinski definition) is 3. The summed E-state index contributed by atoms with van der Waals surface area (Å²) in [5.74, 6) is 0.759. The van der Waals surface area contributed by atoms with Gasteiger partial charge in [-0.05, 0) is 25.5 Å². The molecule has 0 aliphatic carbocycles. The zero-order valence-corrected chi connectivity index (χ0v) is 11.1. The smallest absolute Gasteiger partial charge is 0.257 e. The quantitative estimate of drug-likeness (QED) is 0.786. The Labute approximate surface area is 113 Å². The number of carbonyl (C=O) groups is 1. The van der Waals surface area contributed by atoms with Gasteiger partial charge >= 0.3 is 0 Å². The maximum Gasteiger partial charge on any atom is 0.257 e. The van der Waals surface area contributed by atoms with Crippen molar-refractivity contribution in [3.05, 3.63) is 35.4 Å². The Kier molecular flexibility index (Phi) is 3.15. The first-order valence-electron chi connectivity index (χ1n) is 6.70. The monoisotopic (exact) mass is 258 g/mol. The van der Waals surface area contributed by atoms with Crippen LogP contribution in [0.2, 0.25) is 0 Å². The minimum absolute atomic E-state index is 0.0595. The molecule has 0 radical (unpaired) electrons. The number of anilines is 1. The molecule has 1 aromatic carbocycles. The van der Waals surface area contributed by atoms with E-state index >= 15 is 0 Å². The van der Waals surface area contributed by atoms with Crippen LogP contribution in [0.15, 0.2) is 29.8 Å². The molecule has 0 aromatic heterocycles. The van der Waals surface area contributed by atoms with Crippen molar-refractivity contribution in [3.63, 3.8) is 0 Å². The van der Waals surface area contributed by atoms with E-state index in [1.54, 1.807) is 0 Å². The number of para-hydroxylation sites is 1. The zero-order chi connectivity index (χ0) is 13.2. The summed E-state index contributed by atoms with van der Waals surface area (Å²) in [6.07, 6.45) is 3.08. The molecule has 1 amide bonds. The summed E-state index contributed by atoms with van der Waals surface area (Å²) in [5.41, 5.74) is 2.94. The summed E-state index contributed by atoms with van der Waals surface area (Å²) in [7, 11) is 0. The number of rotatable bonds is 1. The average molecular weight is 258 g/mol. The number of hydrogen-bond donors (Lipinski definition) is 1. The van der Waals surface area contributed by atoms with Crippen molar-refractivity contribution in [1.29, 1.82) is 0 Å². The molecule has 0 fully saturated rings. The molecule has 4 nitrogen and oxygen atoms in total. The molecule has 0 atom stereocenters. The molecule has 0 unspecified atom stereocenters. The lowest BCUT2D eigenvalue weighted by molar-refractivity contribution is 0.0764. The van der Waals surface area contributed by atoms with Gasteiger partial charge in [-0.1, -0.05) is 17.7 Å². The van der Waals surface area contributed by atoms with E-state index in [2.05, 4.69) is 18.3 Å². The van der Waals surface area contributed by atoms with Gasteiger partial charge in [-0.25, -0.2) is 0 Å². The fourth-order valence-corrected chi connectivity index (χ4v) is 2.46. The van der Waals surface area contributed by atoms with Crippen molar-refractivity contribution < 1.29 is 9.53 Å². The Morgan fingerprint density at radius 2 is 2.32 bits per heavy atom. The normalized spacial score (nSPS) is 17.9. The number of benzene rings is 1. The van der Waals surface area contributed by atoms with Gasteiger partial charge < -0.3 is 15.0 Å². The van der Waals surface area contributed by atoms with Crippen molar-refractivity contribution in [2.24, 2.45) is 0 Å². The Morgan fingerprint density at radius 3 is 3.11 bits per heavy atom. The molecule has 4 heteroatoms. The van der Waals surface area contributed by atoms with Crippen LogP contribution in [0.3, 0.4) is 0 Å². The largest absolute Gasteiger partial charge is 0.489 e. The van der Waals surface area contributed by atoms with Crippen molar-refractivity contribution in [3.8, 4) is 5.75 Å². The van der Waals surface area contributed by atoms with E-state index < -0.39 is 0 Å². The second-order valence-electron chi connectivity index (χ2n) is 5.01. The minimum atomic E-state index is 0.0595. The number of nitrogens with one attached hydrogen (secondary N) is 1. The molecule has 100 valence electrons. The Balaban J connectivity index is 1.88. The van der Waals surface area contributed by atoms with Crippen LogP contribution in [0.4, 0.5) is 5.69 Å². The summed E-state index contributed by atoms with van der Waals surface area (Å²) in [4.78, 5) is 14.4. The third-order valence-electron chi connectivity index (χ3n) is 3.63. The highest BCUT2D eigenvalue weighted by Gasteiger charge is 2.23. The highest BCUT2D eigenvalue weighted by molar-refractivity contribution is 5.99. The van der Waals surface area contributed by atoms with Gasteiger partial charge in [-0.3, -0.25) is 4.79 Å². The number of ether oxygens (including phenoxy) is 1. The van der Waals surface area contributed by atoms with E-state index in [-0.39, 0.29) is 5.91 Å². The molecule has 19 heavy (non-hydrogen) atoms. The SMILES string of the molecule is CC1=CCN(C(=O)c2cccc3c2OCCN3)CC1. The number of fused-ring (bicyclic) bond motifs is 1. The van der Waals surface area contributed by atoms with E-state index in [0.29, 0.717) is 24.5 Å². The van der Waals surface area contributed by atoms with Crippen LogP contribution in [-0.4, -0.2) is 37.0 Å². The fourth-order valence-electron chi connectivity index (χ4n) is 2.46. The summed E-state index contributed by atoms with van der Waals surface area (Å²) in [6.45, 7) is 4.99. The van der Waals surface area contributed by atoms with Gasteiger partial charge in [0.25, 0.3) is 5.91 Å². The predicted molar refractivity (Wildman–Crippen MR) is 74.7 cm³/mol. The van der Waals surface area contributed by atoms with Gasteiger partial charge in [0, 0.05) is 19.6 Å². The fraction of sp³-hybridized carbons (Fsp3) is 0.400. The molecule has 0 spiro atoms. The van der Waals surface area contributed by atoms with E-state index in [1.807, 2.05) is 23.1 Å². The van der Waals surface area contributed by atoms with Gasteiger partial charge in [-0.2, -0.15) is 0 Å². The summed E-state index contributed by atoms with van der Waals surface area (Å²) in [6, 6.07) is 5.70. The second-order valence-corrected chi connectivity index (χ2v) is 5.01. The zero-order valence-electron chi connectivity index (χ0n) is 11.1. The van der Waals surface area contributed by atoms with Gasteiger partial charge in [0.1, 0.15) is 6.61 Å². The lowest BCUT2D eigenvalue weighted by Gasteiger charge is -2.28. The van der Waals surface area contributed by atoms with Crippen LogP contribution < -0.4 is 10.1 Å². The van der Waals surface area contributed by atoms with Crippen molar-refractivity contribution in [1.82, 2.24) is 4.90 Å². The molecule has 2 aliphatic heterocycles. The Morgan fingerprint density at radius 1 is 1.42 bits per heavy atom. The third-order valence-corrected chi connectivity index (χ3v) is 3.63. The van der Waals surface area contributed by atoms with Crippen LogP contribution in [0, 0.1) is 0 Å². The van der Waals surface area contributed by atoms with Crippen LogP contribution in [0.5, 0.6) is 5.75 Å². The second kappa shape index (κ2) is 4.96. The van der Waals surface area contributed by atoms with Gasteiger partial charge in [0.2, 0.25) is 0 Å². The standard InChI is InChI=1S/C15H18N2O2/c1-11-5-8-17(9-6-11)15(18)12-3-2-4-13-14(12)19-10-7-16-13/h2-5,16H,6-10H2,1H3. The highest BCUT2D eigenvalue weighted by atomic mass is 16.5. The maximum absolute atomic E-state index is 12.6. The van der Waals surface area contributed by atoms with Gasteiger partial charge in [-0.15, -0.1) is 0 Å².